The standard InChI is InChI=1S/C15H21Cl2N3O/c1-15(2,3)18-14(21)20-8-6-19(7-9-20)13-5-4-11(16)10-12(13)17/h4-5,10H,6-9H2,1-3H3,(H,18,21). The van der Waals surface area contributed by atoms with Crippen LogP contribution in [0.1, 0.15) is 20.8 Å². The number of nitrogens with one attached hydrogen (secondary N) is 1. The van der Waals surface area contributed by atoms with Crippen molar-refractivity contribution in [2.75, 3.05) is 31.1 Å². The molecule has 1 fully saturated rings. The molecule has 0 aliphatic carbocycles. The fourth-order valence-electron chi connectivity index (χ4n) is 2.29. The van der Waals surface area contributed by atoms with Crippen LogP contribution in [-0.2, 0) is 0 Å². The summed E-state index contributed by atoms with van der Waals surface area (Å²) in [6, 6.07) is 5.50. The van der Waals surface area contributed by atoms with Crippen LogP contribution in [0.5, 0.6) is 0 Å². The number of benzene rings is 1. The SMILES string of the molecule is CC(C)(C)NC(=O)N1CCN(c2ccc(Cl)cc2Cl)CC1. The van der Waals surface area contributed by atoms with Crippen molar-refractivity contribution in [3.8, 4) is 0 Å². The molecule has 0 aromatic heterocycles. The Bertz CT molecular complexity index is 520. The molecule has 4 nitrogen and oxygen atoms in total. The molecule has 0 atom stereocenters. The van der Waals surface area contributed by atoms with Crippen LogP contribution in [0.3, 0.4) is 0 Å². The quantitative estimate of drug-likeness (QED) is 0.854. The van der Waals surface area contributed by atoms with E-state index in [0.717, 1.165) is 18.8 Å². The van der Waals surface area contributed by atoms with Crippen molar-refractivity contribution < 1.29 is 4.79 Å². The lowest BCUT2D eigenvalue weighted by Crippen LogP contribution is -2.55. The second-order valence-electron chi connectivity index (χ2n) is 6.25. The number of hydrogen-bond donors (Lipinski definition) is 1. The Hall–Kier alpha value is -1.13. The van der Waals surface area contributed by atoms with Gasteiger partial charge in [-0.3, -0.25) is 0 Å². The Labute approximate surface area is 136 Å². The number of piperazine rings is 1. The monoisotopic (exact) mass is 329 g/mol. The second-order valence-corrected chi connectivity index (χ2v) is 7.09. The summed E-state index contributed by atoms with van der Waals surface area (Å²) in [5.41, 5.74) is 0.755. The molecule has 21 heavy (non-hydrogen) atoms. The maximum absolute atomic E-state index is 12.1. The predicted octanol–water partition coefficient (Wildman–Crippen LogP) is 3.62. The molecule has 1 aromatic carbocycles. The van der Waals surface area contributed by atoms with Crippen molar-refractivity contribution in [3.63, 3.8) is 0 Å². The van der Waals surface area contributed by atoms with E-state index in [1.54, 1.807) is 6.07 Å². The number of urea groups is 1. The van der Waals surface area contributed by atoms with Crippen molar-refractivity contribution in [2.24, 2.45) is 0 Å². The van der Waals surface area contributed by atoms with Crippen LogP contribution in [0, 0.1) is 0 Å². The Kier molecular flexibility index (Phi) is 4.89. The van der Waals surface area contributed by atoms with Gasteiger partial charge < -0.3 is 15.1 Å². The summed E-state index contributed by atoms with van der Waals surface area (Å²) in [5, 5.41) is 4.27. The minimum absolute atomic E-state index is 0.00986. The average molecular weight is 330 g/mol. The smallest absolute Gasteiger partial charge is 0.317 e. The highest BCUT2D eigenvalue weighted by Crippen LogP contribution is 2.29. The van der Waals surface area contributed by atoms with Gasteiger partial charge in [-0.05, 0) is 39.0 Å². The summed E-state index contributed by atoms with van der Waals surface area (Å²) in [4.78, 5) is 16.1. The zero-order valence-corrected chi connectivity index (χ0v) is 14.1. The summed E-state index contributed by atoms with van der Waals surface area (Å²) in [6.07, 6.45) is 0. The highest BCUT2D eigenvalue weighted by Gasteiger charge is 2.24. The average Bonchev–Trinajstić information content (AvgIpc) is 2.37. The van der Waals surface area contributed by atoms with E-state index in [1.807, 2.05) is 37.8 Å². The second kappa shape index (κ2) is 6.32. The molecule has 1 aliphatic heterocycles. The summed E-state index contributed by atoms with van der Waals surface area (Å²) >= 11 is 12.1. The van der Waals surface area contributed by atoms with Crippen LogP contribution in [0.4, 0.5) is 10.5 Å². The molecule has 0 unspecified atom stereocenters. The van der Waals surface area contributed by atoms with Crippen LogP contribution in [-0.4, -0.2) is 42.6 Å². The van der Waals surface area contributed by atoms with E-state index in [1.165, 1.54) is 0 Å². The molecule has 0 radical (unpaired) electrons. The third kappa shape index (κ3) is 4.42. The van der Waals surface area contributed by atoms with Gasteiger partial charge in [0.25, 0.3) is 0 Å². The van der Waals surface area contributed by atoms with E-state index in [2.05, 4.69) is 10.2 Å². The summed E-state index contributed by atoms with van der Waals surface area (Å²) in [7, 11) is 0. The van der Waals surface area contributed by atoms with Crippen molar-refractivity contribution in [2.45, 2.75) is 26.3 Å². The van der Waals surface area contributed by atoms with Gasteiger partial charge >= 0.3 is 6.03 Å². The number of rotatable bonds is 1. The normalized spacial score (nSPS) is 16.0. The van der Waals surface area contributed by atoms with Gasteiger partial charge in [0.05, 0.1) is 10.7 Å². The van der Waals surface area contributed by atoms with Crippen molar-refractivity contribution in [1.82, 2.24) is 10.2 Å². The highest BCUT2D eigenvalue weighted by atomic mass is 35.5. The minimum Gasteiger partial charge on any atom is -0.367 e. The number of hydrogen-bond acceptors (Lipinski definition) is 2. The fourth-order valence-corrected chi connectivity index (χ4v) is 2.82. The van der Waals surface area contributed by atoms with Gasteiger partial charge in [0.1, 0.15) is 0 Å². The Morgan fingerprint density at radius 2 is 1.76 bits per heavy atom. The molecule has 2 rings (SSSR count). The number of anilines is 1. The predicted molar refractivity (Wildman–Crippen MR) is 88.5 cm³/mol. The van der Waals surface area contributed by atoms with Crippen LogP contribution in [0.2, 0.25) is 10.0 Å². The lowest BCUT2D eigenvalue weighted by Gasteiger charge is -2.37. The molecule has 0 bridgehead atoms. The summed E-state index contributed by atoms with van der Waals surface area (Å²) in [5.74, 6) is 0. The lowest BCUT2D eigenvalue weighted by atomic mass is 10.1. The number of halogens is 2. The number of carbonyl (C=O) groups is 1. The maximum Gasteiger partial charge on any atom is 0.317 e. The zero-order chi connectivity index (χ0) is 15.6. The van der Waals surface area contributed by atoms with Gasteiger partial charge in [-0.25, -0.2) is 4.79 Å². The van der Waals surface area contributed by atoms with Crippen LogP contribution >= 0.6 is 23.2 Å². The van der Waals surface area contributed by atoms with E-state index < -0.39 is 0 Å². The molecule has 1 N–H and O–H groups in total. The van der Waals surface area contributed by atoms with Crippen LogP contribution < -0.4 is 10.2 Å². The van der Waals surface area contributed by atoms with Gasteiger partial charge in [0.15, 0.2) is 0 Å². The molecule has 1 saturated heterocycles. The molecule has 0 saturated carbocycles. The van der Waals surface area contributed by atoms with Gasteiger partial charge in [-0.2, -0.15) is 0 Å². The third-order valence-corrected chi connectivity index (χ3v) is 3.84. The first-order valence-corrected chi connectivity index (χ1v) is 7.79. The summed E-state index contributed by atoms with van der Waals surface area (Å²) in [6.45, 7) is 8.83. The molecule has 6 heteroatoms. The van der Waals surface area contributed by atoms with Gasteiger partial charge in [-0.1, -0.05) is 23.2 Å². The molecule has 1 heterocycles. The third-order valence-electron chi connectivity index (χ3n) is 3.30. The largest absolute Gasteiger partial charge is 0.367 e. The van der Waals surface area contributed by atoms with Gasteiger partial charge in [0.2, 0.25) is 0 Å². The fraction of sp³-hybridized carbons (Fsp3) is 0.533. The first-order chi connectivity index (χ1) is 9.76. The van der Waals surface area contributed by atoms with Crippen molar-refractivity contribution in [1.29, 1.82) is 0 Å². The maximum atomic E-state index is 12.1. The first kappa shape index (κ1) is 16.2. The minimum atomic E-state index is -0.215. The van der Waals surface area contributed by atoms with Crippen LogP contribution in [0.15, 0.2) is 18.2 Å². The lowest BCUT2D eigenvalue weighted by molar-refractivity contribution is 0.185. The number of amides is 2. The van der Waals surface area contributed by atoms with Gasteiger partial charge in [0, 0.05) is 36.7 Å². The molecular weight excluding hydrogens is 309 g/mol. The summed E-state index contributed by atoms with van der Waals surface area (Å²) < 4.78 is 0. The highest BCUT2D eigenvalue weighted by molar-refractivity contribution is 6.36. The Morgan fingerprint density at radius 3 is 2.29 bits per heavy atom. The molecule has 1 aromatic rings. The van der Waals surface area contributed by atoms with Gasteiger partial charge in [-0.15, -0.1) is 0 Å². The molecular formula is C15H21Cl2N3O. The Morgan fingerprint density at radius 1 is 1.14 bits per heavy atom. The van der Waals surface area contributed by atoms with E-state index in [0.29, 0.717) is 23.1 Å². The zero-order valence-electron chi connectivity index (χ0n) is 12.6. The van der Waals surface area contributed by atoms with E-state index in [9.17, 15) is 4.79 Å². The van der Waals surface area contributed by atoms with Crippen molar-refractivity contribution >= 4 is 34.9 Å². The molecule has 0 spiro atoms. The topological polar surface area (TPSA) is 35.6 Å². The van der Waals surface area contributed by atoms with Crippen molar-refractivity contribution in [3.05, 3.63) is 28.2 Å². The Balaban J connectivity index is 1.95. The van der Waals surface area contributed by atoms with E-state index in [4.69, 9.17) is 23.2 Å². The first-order valence-electron chi connectivity index (χ1n) is 7.03. The van der Waals surface area contributed by atoms with Crippen LogP contribution in [0.25, 0.3) is 0 Å². The molecule has 1 aliphatic rings. The molecule has 2 amide bonds. The number of nitrogens with zero attached hydrogens (tertiary/aromatic N) is 2. The number of carbonyl (C=O) groups excluding carboxylic acids is 1. The van der Waals surface area contributed by atoms with E-state index in [-0.39, 0.29) is 11.6 Å². The molecule has 116 valence electrons. The van der Waals surface area contributed by atoms with E-state index >= 15 is 0 Å².